The van der Waals surface area contributed by atoms with E-state index in [2.05, 4.69) is 5.32 Å². The van der Waals surface area contributed by atoms with Crippen LogP contribution in [0.5, 0.6) is 0 Å². The molecule has 0 spiro atoms. The lowest BCUT2D eigenvalue weighted by molar-refractivity contribution is -0.137. The van der Waals surface area contributed by atoms with Crippen LogP contribution < -0.4 is 5.32 Å². The molecule has 0 bridgehead atoms. The maximum absolute atomic E-state index is 13.0. The molecule has 0 aliphatic rings. The Hall–Kier alpha value is -1.97. The van der Waals surface area contributed by atoms with Gasteiger partial charge in [0, 0.05) is 5.69 Å². The fourth-order valence-corrected chi connectivity index (χ4v) is 2.26. The molecule has 0 aromatic heterocycles. The Kier molecular flexibility index (Phi) is 4.56. The molecule has 0 aliphatic carbocycles. The van der Waals surface area contributed by atoms with Crippen molar-refractivity contribution in [2.45, 2.75) is 32.5 Å². The molecule has 1 atom stereocenters. The smallest absolute Gasteiger partial charge is 0.378 e. The summed E-state index contributed by atoms with van der Waals surface area (Å²) in [5.74, 6) is 0. The molecule has 2 aromatic rings. The minimum absolute atomic E-state index is 0.123. The predicted molar refractivity (Wildman–Crippen MR) is 79.3 cm³/mol. The third-order valence-corrected chi connectivity index (χ3v) is 3.45. The molecule has 2 rings (SSSR count). The van der Waals surface area contributed by atoms with Gasteiger partial charge in [0.05, 0.1) is 11.6 Å². The summed E-state index contributed by atoms with van der Waals surface area (Å²) < 4.78 is 39.1. The summed E-state index contributed by atoms with van der Waals surface area (Å²) in [6, 6.07) is 13.3. The van der Waals surface area contributed by atoms with Crippen LogP contribution in [0.2, 0.25) is 0 Å². The molecule has 112 valence electrons. The summed E-state index contributed by atoms with van der Waals surface area (Å²) in [7, 11) is 0. The molecule has 0 saturated carbocycles. The van der Waals surface area contributed by atoms with Gasteiger partial charge < -0.3 is 5.32 Å². The number of benzene rings is 2. The van der Waals surface area contributed by atoms with E-state index in [-0.39, 0.29) is 11.7 Å². The number of alkyl halides is 3. The van der Waals surface area contributed by atoms with E-state index in [0.29, 0.717) is 6.42 Å². The Morgan fingerprint density at radius 2 is 1.62 bits per heavy atom. The second kappa shape index (κ2) is 6.20. The lowest BCUT2D eigenvalue weighted by atomic mass is 10.0. The van der Waals surface area contributed by atoms with Gasteiger partial charge in [-0.25, -0.2) is 0 Å². The zero-order chi connectivity index (χ0) is 15.5. The van der Waals surface area contributed by atoms with Gasteiger partial charge in [-0.15, -0.1) is 0 Å². The quantitative estimate of drug-likeness (QED) is 0.776. The van der Waals surface area contributed by atoms with Gasteiger partial charge in [0.2, 0.25) is 0 Å². The van der Waals surface area contributed by atoms with Gasteiger partial charge >= 0.3 is 6.18 Å². The average Bonchev–Trinajstić information content (AvgIpc) is 2.45. The molecule has 0 aliphatic heterocycles. The lowest BCUT2D eigenvalue weighted by Gasteiger charge is -2.22. The van der Waals surface area contributed by atoms with Crippen LogP contribution in [0.3, 0.4) is 0 Å². The molecule has 4 heteroatoms. The highest BCUT2D eigenvalue weighted by Gasteiger charge is 2.33. The second-order valence-corrected chi connectivity index (χ2v) is 5.06. The van der Waals surface area contributed by atoms with Gasteiger partial charge in [-0.2, -0.15) is 13.2 Å². The molecule has 2 aromatic carbocycles. The molecule has 21 heavy (non-hydrogen) atoms. The Bertz CT molecular complexity index is 588. The summed E-state index contributed by atoms with van der Waals surface area (Å²) in [4.78, 5) is 0. The van der Waals surface area contributed by atoms with Crippen LogP contribution in [-0.2, 0) is 6.18 Å². The predicted octanol–water partition coefficient (Wildman–Crippen LogP) is 5.58. The van der Waals surface area contributed by atoms with Crippen molar-refractivity contribution in [1.29, 1.82) is 0 Å². The normalized spacial score (nSPS) is 13.0. The van der Waals surface area contributed by atoms with Crippen LogP contribution in [0.15, 0.2) is 48.5 Å². The molecule has 0 amide bonds. The van der Waals surface area contributed by atoms with Crippen molar-refractivity contribution in [2.75, 3.05) is 5.32 Å². The minimum atomic E-state index is -4.35. The molecule has 0 fully saturated rings. The Morgan fingerprint density at radius 3 is 2.19 bits per heavy atom. The average molecular weight is 293 g/mol. The molecular weight excluding hydrogens is 275 g/mol. The summed E-state index contributed by atoms with van der Waals surface area (Å²) in [6.45, 7) is 3.94. The second-order valence-electron chi connectivity index (χ2n) is 5.06. The van der Waals surface area contributed by atoms with E-state index in [0.717, 1.165) is 17.2 Å². The van der Waals surface area contributed by atoms with Crippen LogP contribution in [0, 0.1) is 6.92 Å². The molecule has 0 saturated heterocycles. The lowest BCUT2D eigenvalue weighted by Crippen LogP contribution is -2.15. The van der Waals surface area contributed by atoms with Crippen molar-refractivity contribution in [3.63, 3.8) is 0 Å². The SMILES string of the molecule is CCC(Nc1ccccc1C(F)(F)F)c1ccc(C)cc1. The third-order valence-electron chi connectivity index (χ3n) is 3.45. The van der Waals surface area contributed by atoms with Crippen molar-refractivity contribution in [2.24, 2.45) is 0 Å². The van der Waals surface area contributed by atoms with E-state index >= 15 is 0 Å². The number of halogens is 3. The maximum Gasteiger partial charge on any atom is 0.418 e. The molecule has 1 N–H and O–H groups in total. The van der Waals surface area contributed by atoms with Crippen molar-refractivity contribution >= 4 is 5.69 Å². The third kappa shape index (κ3) is 3.78. The van der Waals surface area contributed by atoms with Gasteiger partial charge in [0.25, 0.3) is 0 Å². The summed E-state index contributed by atoms with van der Waals surface area (Å²) in [5.41, 5.74) is 1.61. The van der Waals surface area contributed by atoms with Crippen molar-refractivity contribution in [3.8, 4) is 0 Å². The van der Waals surface area contributed by atoms with E-state index in [1.54, 1.807) is 6.07 Å². The number of hydrogen-bond donors (Lipinski definition) is 1. The molecule has 0 radical (unpaired) electrons. The number of aryl methyl sites for hydroxylation is 1. The monoisotopic (exact) mass is 293 g/mol. The minimum Gasteiger partial charge on any atom is -0.378 e. The fourth-order valence-electron chi connectivity index (χ4n) is 2.26. The standard InChI is InChI=1S/C17H18F3N/c1-3-15(13-10-8-12(2)9-11-13)21-16-7-5-4-6-14(16)17(18,19)20/h4-11,15,21H,3H2,1-2H3. The van der Waals surface area contributed by atoms with Crippen LogP contribution in [0.25, 0.3) is 0 Å². The van der Waals surface area contributed by atoms with Crippen molar-refractivity contribution in [3.05, 3.63) is 65.2 Å². The van der Waals surface area contributed by atoms with E-state index in [1.807, 2.05) is 38.1 Å². The Balaban J connectivity index is 2.29. The zero-order valence-corrected chi connectivity index (χ0v) is 12.0. The topological polar surface area (TPSA) is 12.0 Å². The first kappa shape index (κ1) is 15.4. The molecule has 1 unspecified atom stereocenters. The van der Waals surface area contributed by atoms with E-state index in [1.165, 1.54) is 12.1 Å². The zero-order valence-electron chi connectivity index (χ0n) is 12.0. The van der Waals surface area contributed by atoms with Crippen LogP contribution >= 0.6 is 0 Å². The first-order valence-electron chi connectivity index (χ1n) is 6.91. The molecule has 0 heterocycles. The highest BCUT2D eigenvalue weighted by atomic mass is 19.4. The van der Waals surface area contributed by atoms with Crippen molar-refractivity contribution < 1.29 is 13.2 Å². The van der Waals surface area contributed by atoms with Gasteiger partial charge in [-0.05, 0) is 31.0 Å². The van der Waals surface area contributed by atoms with Gasteiger partial charge in [0.1, 0.15) is 0 Å². The maximum atomic E-state index is 13.0. The Labute approximate surface area is 122 Å². The van der Waals surface area contributed by atoms with Gasteiger partial charge in [0.15, 0.2) is 0 Å². The first-order valence-corrected chi connectivity index (χ1v) is 6.91. The number of anilines is 1. The summed E-state index contributed by atoms with van der Waals surface area (Å²) in [5, 5.41) is 3.02. The molecular formula is C17H18F3N. The highest BCUT2D eigenvalue weighted by Crippen LogP contribution is 2.36. The number of hydrogen-bond acceptors (Lipinski definition) is 1. The van der Waals surface area contributed by atoms with E-state index in [9.17, 15) is 13.2 Å². The number of rotatable bonds is 4. The summed E-state index contributed by atoms with van der Waals surface area (Å²) >= 11 is 0. The van der Waals surface area contributed by atoms with Gasteiger partial charge in [-0.3, -0.25) is 0 Å². The van der Waals surface area contributed by atoms with E-state index in [4.69, 9.17) is 0 Å². The van der Waals surface area contributed by atoms with Crippen LogP contribution in [0.1, 0.15) is 36.1 Å². The van der Waals surface area contributed by atoms with Crippen LogP contribution in [0.4, 0.5) is 18.9 Å². The number of para-hydroxylation sites is 1. The van der Waals surface area contributed by atoms with Crippen LogP contribution in [-0.4, -0.2) is 0 Å². The number of nitrogens with one attached hydrogen (secondary N) is 1. The highest BCUT2D eigenvalue weighted by molar-refractivity contribution is 5.54. The fraction of sp³-hybridized carbons (Fsp3) is 0.294. The largest absolute Gasteiger partial charge is 0.418 e. The summed E-state index contributed by atoms with van der Waals surface area (Å²) in [6.07, 6.45) is -3.65. The van der Waals surface area contributed by atoms with Crippen molar-refractivity contribution in [1.82, 2.24) is 0 Å². The Morgan fingerprint density at radius 1 is 1.00 bits per heavy atom. The first-order chi connectivity index (χ1) is 9.91. The molecule has 1 nitrogen and oxygen atoms in total. The van der Waals surface area contributed by atoms with E-state index < -0.39 is 11.7 Å². The van der Waals surface area contributed by atoms with Gasteiger partial charge in [-0.1, -0.05) is 48.9 Å².